The molecule has 1 amide bonds. The largest absolute Gasteiger partial charge is 0.323 e. The zero-order valence-corrected chi connectivity index (χ0v) is 11.2. The summed E-state index contributed by atoms with van der Waals surface area (Å²) in [6, 6.07) is 8.70. The molecule has 1 saturated carbocycles. The maximum Gasteiger partial charge on any atom is 0.244 e. The van der Waals surface area contributed by atoms with Gasteiger partial charge in [0.15, 0.2) is 0 Å². The number of carbonyl (C=O) groups is 1. The summed E-state index contributed by atoms with van der Waals surface area (Å²) in [4.78, 5) is 12.1. The fourth-order valence-electron chi connectivity index (χ4n) is 2.39. The number of benzene rings is 1. The van der Waals surface area contributed by atoms with Gasteiger partial charge in [0.25, 0.3) is 0 Å². The molecule has 1 aromatic rings. The Morgan fingerprint density at radius 1 is 1.47 bits per heavy atom. The van der Waals surface area contributed by atoms with Crippen molar-refractivity contribution in [2.24, 2.45) is 11.3 Å². The van der Waals surface area contributed by atoms with E-state index >= 15 is 0 Å². The van der Waals surface area contributed by atoms with Gasteiger partial charge in [0.2, 0.25) is 5.91 Å². The lowest BCUT2D eigenvalue weighted by atomic mass is 9.63. The van der Waals surface area contributed by atoms with Gasteiger partial charge in [0.05, 0.1) is 28.4 Å². The van der Waals surface area contributed by atoms with Crippen LogP contribution in [0.4, 0.5) is 5.69 Å². The van der Waals surface area contributed by atoms with E-state index in [2.05, 4.69) is 11.4 Å². The Morgan fingerprint density at radius 2 is 2.16 bits per heavy atom. The van der Waals surface area contributed by atoms with Crippen LogP contribution in [0.15, 0.2) is 18.2 Å². The lowest BCUT2D eigenvalue weighted by Gasteiger charge is -2.39. The van der Waals surface area contributed by atoms with Gasteiger partial charge in [-0.1, -0.05) is 18.5 Å². The molecule has 1 aromatic carbocycles. The van der Waals surface area contributed by atoms with E-state index in [0.29, 0.717) is 35.0 Å². The van der Waals surface area contributed by atoms with Gasteiger partial charge in [-0.05, 0) is 37.0 Å². The molecule has 0 heterocycles. The van der Waals surface area contributed by atoms with Crippen LogP contribution >= 0.6 is 11.6 Å². The van der Waals surface area contributed by atoms with Gasteiger partial charge >= 0.3 is 0 Å². The summed E-state index contributed by atoms with van der Waals surface area (Å²) in [6.45, 7) is 2.01. The van der Waals surface area contributed by atoms with Crippen molar-refractivity contribution in [3.05, 3.63) is 28.8 Å². The summed E-state index contributed by atoms with van der Waals surface area (Å²) < 4.78 is 0. The molecule has 1 N–H and O–H groups in total. The maximum absolute atomic E-state index is 12.1. The molecule has 0 saturated heterocycles. The molecule has 1 fully saturated rings. The molecule has 19 heavy (non-hydrogen) atoms. The van der Waals surface area contributed by atoms with Crippen molar-refractivity contribution < 1.29 is 4.79 Å². The third-order valence-corrected chi connectivity index (χ3v) is 3.70. The minimum atomic E-state index is -0.934. The number of carbonyl (C=O) groups excluding carboxylic acids is 1. The van der Waals surface area contributed by atoms with E-state index in [1.165, 1.54) is 6.07 Å². The van der Waals surface area contributed by atoms with Crippen LogP contribution in [0.2, 0.25) is 5.02 Å². The van der Waals surface area contributed by atoms with Gasteiger partial charge in [0, 0.05) is 0 Å². The zero-order valence-electron chi connectivity index (χ0n) is 10.4. The van der Waals surface area contributed by atoms with Crippen LogP contribution < -0.4 is 5.32 Å². The van der Waals surface area contributed by atoms with E-state index in [9.17, 15) is 4.79 Å². The molecule has 1 aliphatic carbocycles. The third kappa shape index (κ3) is 2.41. The van der Waals surface area contributed by atoms with Crippen molar-refractivity contribution in [3.63, 3.8) is 0 Å². The molecule has 0 atom stereocenters. The predicted molar refractivity (Wildman–Crippen MR) is 71.2 cm³/mol. The molecular weight excluding hydrogens is 262 g/mol. The highest BCUT2D eigenvalue weighted by Crippen LogP contribution is 2.45. The number of hydrogen-bond acceptors (Lipinski definition) is 3. The number of halogens is 1. The van der Waals surface area contributed by atoms with Crippen LogP contribution in [0.5, 0.6) is 0 Å². The summed E-state index contributed by atoms with van der Waals surface area (Å²) in [5.41, 5.74) is -0.0773. The van der Waals surface area contributed by atoms with Gasteiger partial charge in [-0.3, -0.25) is 4.79 Å². The van der Waals surface area contributed by atoms with E-state index in [1.807, 2.05) is 13.0 Å². The van der Waals surface area contributed by atoms with E-state index in [0.717, 1.165) is 0 Å². The van der Waals surface area contributed by atoms with Crippen LogP contribution in [0.25, 0.3) is 0 Å². The molecular formula is C14H12ClN3O. The Hall–Kier alpha value is -2.04. The highest BCUT2D eigenvalue weighted by Gasteiger charge is 2.49. The van der Waals surface area contributed by atoms with Crippen molar-refractivity contribution in [3.8, 4) is 12.1 Å². The number of nitriles is 2. The topological polar surface area (TPSA) is 76.7 Å². The van der Waals surface area contributed by atoms with Crippen LogP contribution in [0, 0.1) is 34.0 Å². The molecule has 0 radical (unpaired) electrons. The van der Waals surface area contributed by atoms with E-state index in [-0.39, 0.29) is 5.91 Å². The Bertz CT molecular complexity index is 606. The summed E-state index contributed by atoms with van der Waals surface area (Å²) in [5.74, 6) is 0.0709. The maximum atomic E-state index is 12.1. The Balaban J connectivity index is 2.16. The fraction of sp³-hybridized carbons (Fsp3) is 0.357. The second-order valence-electron chi connectivity index (χ2n) is 4.97. The number of nitrogens with one attached hydrogen (secondary N) is 1. The van der Waals surface area contributed by atoms with Gasteiger partial charge < -0.3 is 5.32 Å². The summed E-state index contributed by atoms with van der Waals surface area (Å²) in [5, 5.41) is 20.9. The Labute approximate surface area is 116 Å². The summed E-state index contributed by atoms with van der Waals surface area (Å²) >= 11 is 5.99. The van der Waals surface area contributed by atoms with Crippen molar-refractivity contribution in [2.75, 3.05) is 5.32 Å². The lowest BCUT2D eigenvalue weighted by molar-refractivity contribution is -0.128. The molecule has 2 rings (SSSR count). The molecule has 5 heteroatoms. The normalized spacial score (nSPS) is 24.7. The van der Waals surface area contributed by atoms with E-state index in [4.69, 9.17) is 22.1 Å². The second kappa shape index (κ2) is 4.91. The van der Waals surface area contributed by atoms with Crippen LogP contribution in [0.1, 0.15) is 25.3 Å². The zero-order chi connectivity index (χ0) is 14.0. The van der Waals surface area contributed by atoms with Crippen molar-refractivity contribution >= 4 is 23.2 Å². The Morgan fingerprint density at radius 3 is 2.63 bits per heavy atom. The first-order chi connectivity index (χ1) is 9.00. The minimum Gasteiger partial charge on any atom is -0.323 e. The van der Waals surface area contributed by atoms with E-state index < -0.39 is 5.41 Å². The average Bonchev–Trinajstić information content (AvgIpc) is 2.36. The number of amides is 1. The number of hydrogen-bond donors (Lipinski definition) is 1. The minimum absolute atomic E-state index is 0.299. The third-order valence-electron chi connectivity index (χ3n) is 3.39. The Kier molecular flexibility index (Phi) is 3.46. The summed E-state index contributed by atoms with van der Waals surface area (Å²) in [7, 11) is 0. The molecule has 0 unspecified atom stereocenters. The lowest BCUT2D eigenvalue weighted by Crippen LogP contribution is -2.45. The second-order valence-corrected chi connectivity index (χ2v) is 5.38. The van der Waals surface area contributed by atoms with Gasteiger partial charge in [-0.2, -0.15) is 10.5 Å². The monoisotopic (exact) mass is 273 g/mol. The SMILES string of the molecule is CC1CC(C#N)(C(=O)Nc2ccc(C#N)cc2Cl)C1. The van der Waals surface area contributed by atoms with Gasteiger partial charge in [0.1, 0.15) is 5.41 Å². The quantitative estimate of drug-likeness (QED) is 0.899. The van der Waals surface area contributed by atoms with Crippen molar-refractivity contribution in [1.29, 1.82) is 10.5 Å². The van der Waals surface area contributed by atoms with Crippen LogP contribution in [0.3, 0.4) is 0 Å². The molecule has 0 aromatic heterocycles. The predicted octanol–water partition coefficient (Wildman–Crippen LogP) is 3.09. The van der Waals surface area contributed by atoms with Crippen molar-refractivity contribution in [2.45, 2.75) is 19.8 Å². The highest BCUT2D eigenvalue weighted by molar-refractivity contribution is 6.33. The first kappa shape index (κ1) is 13.4. The van der Waals surface area contributed by atoms with Crippen LogP contribution in [-0.4, -0.2) is 5.91 Å². The first-order valence-electron chi connectivity index (χ1n) is 5.93. The number of anilines is 1. The van der Waals surface area contributed by atoms with Crippen molar-refractivity contribution in [1.82, 2.24) is 0 Å². The van der Waals surface area contributed by atoms with E-state index in [1.54, 1.807) is 12.1 Å². The molecule has 0 aliphatic heterocycles. The average molecular weight is 274 g/mol. The molecule has 0 spiro atoms. The fourth-order valence-corrected chi connectivity index (χ4v) is 2.61. The standard InChI is InChI=1S/C14H12ClN3O/c1-9-5-14(6-9,8-17)13(19)18-12-3-2-10(7-16)4-11(12)15/h2-4,9H,5-6H2,1H3,(H,18,19). The number of nitrogens with zero attached hydrogens (tertiary/aromatic N) is 2. The van der Waals surface area contributed by atoms with Gasteiger partial charge in [-0.15, -0.1) is 0 Å². The van der Waals surface area contributed by atoms with Crippen LogP contribution in [-0.2, 0) is 4.79 Å². The highest BCUT2D eigenvalue weighted by atomic mass is 35.5. The molecule has 1 aliphatic rings. The number of rotatable bonds is 2. The first-order valence-corrected chi connectivity index (χ1v) is 6.31. The smallest absolute Gasteiger partial charge is 0.244 e. The van der Waals surface area contributed by atoms with Gasteiger partial charge in [-0.25, -0.2) is 0 Å². The summed E-state index contributed by atoms with van der Waals surface area (Å²) in [6.07, 6.45) is 1.15. The molecule has 0 bridgehead atoms. The molecule has 96 valence electrons. The molecule has 4 nitrogen and oxygen atoms in total.